The van der Waals surface area contributed by atoms with E-state index in [1.807, 2.05) is 28.8 Å². The first-order chi connectivity index (χ1) is 10.3. The third kappa shape index (κ3) is 3.49. The van der Waals surface area contributed by atoms with E-state index in [1.165, 1.54) is 0 Å². The second-order valence-electron chi connectivity index (χ2n) is 5.08. The number of pyridine rings is 1. The normalized spacial score (nSPS) is 19.2. The Kier molecular flexibility index (Phi) is 4.30. The summed E-state index contributed by atoms with van der Waals surface area (Å²) in [6.07, 6.45) is 5.11. The molecule has 3 heterocycles. The van der Waals surface area contributed by atoms with Gasteiger partial charge in [-0.15, -0.1) is 10.2 Å². The lowest BCUT2D eigenvalue weighted by atomic mass is 10.2. The Morgan fingerprint density at radius 1 is 1.48 bits per heavy atom. The first kappa shape index (κ1) is 13.8. The SMILES string of the molecule is NC(=NCC1CCCO1)NCCc1nnc2ccccn12. The highest BCUT2D eigenvalue weighted by Gasteiger charge is 2.14. The van der Waals surface area contributed by atoms with Crippen LogP contribution in [0.1, 0.15) is 18.7 Å². The van der Waals surface area contributed by atoms with Crippen LogP contribution in [-0.4, -0.2) is 46.4 Å². The highest BCUT2D eigenvalue weighted by molar-refractivity contribution is 5.77. The summed E-state index contributed by atoms with van der Waals surface area (Å²) in [6.45, 7) is 2.15. The standard InChI is InChI=1S/C14H20N6O/c15-14(17-10-11-4-3-9-21-11)16-7-6-13-19-18-12-5-1-2-8-20(12)13/h1-2,5,8,11H,3-4,6-7,9-10H2,(H3,15,16,17). The molecule has 21 heavy (non-hydrogen) atoms. The topological polar surface area (TPSA) is 89.8 Å². The smallest absolute Gasteiger partial charge is 0.188 e. The monoisotopic (exact) mass is 288 g/mol. The zero-order chi connectivity index (χ0) is 14.5. The number of aromatic nitrogens is 3. The van der Waals surface area contributed by atoms with Crippen molar-refractivity contribution in [3.8, 4) is 0 Å². The number of hydrogen-bond donors (Lipinski definition) is 2. The average molecular weight is 288 g/mol. The number of nitrogens with two attached hydrogens (primary N) is 1. The first-order valence-electron chi connectivity index (χ1n) is 7.27. The zero-order valence-electron chi connectivity index (χ0n) is 11.9. The molecule has 7 nitrogen and oxygen atoms in total. The van der Waals surface area contributed by atoms with Gasteiger partial charge in [0.2, 0.25) is 0 Å². The van der Waals surface area contributed by atoms with E-state index in [9.17, 15) is 0 Å². The number of fused-ring (bicyclic) bond motifs is 1. The quantitative estimate of drug-likeness (QED) is 0.612. The molecular weight excluding hydrogens is 268 g/mol. The van der Waals surface area contributed by atoms with Crippen LogP contribution in [0.3, 0.4) is 0 Å². The van der Waals surface area contributed by atoms with Crippen LogP contribution in [0.15, 0.2) is 29.4 Å². The highest BCUT2D eigenvalue weighted by atomic mass is 16.5. The lowest BCUT2D eigenvalue weighted by Crippen LogP contribution is -2.34. The third-order valence-electron chi connectivity index (χ3n) is 3.53. The van der Waals surface area contributed by atoms with Crippen molar-refractivity contribution in [1.82, 2.24) is 19.9 Å². The molecule has 7 heteroatoms. The Bertz CT molecular complexity index is 617. The lowest BCUT2D eigenvalue weighted by Gasteiger charge is -2.08. The molecule has 0 radical (unpaired) electrons. The minimum atomic E-state index is 0.228. The van der Waals surface area contributed by atoms with E-state index in [4.69, 9.17) is 10.5 Å². The summed E-state index contributed by atoms with van der Waals surface area (Å²) in [5.41, 5.74) is 6.70. The second kappa shape index (κ2) is 6.53. The number of hydrogen-bond acceptors (Lipinski definition) is 4. The van der Waals surface area contributed by atoms with Crippen molar-refractivity contribution in [3.05, 3.63) is 30.2 Å². The molecule has 3 N–H and O–H groups in total. The molecule has 112 valence electrons. The van der Waals surface area contributed by atoms with Crippen molar-refractivity contribution >= 4 is 11.6 Å². The molecule has 0 aliphatic carbocycles. The van der Waals surface area contributed by atoms with Crippen LogP contribution >= 0.6 is 0 Å². The fourth-order valence-electron chi connectivity index (χ4n) is 2.41. The summed E-state index contributed by atoms with van der Waals surface area (Å²) in [6, 6.07) is 5.84. The predicted octanol–water partition coefficient (Wildman–Crippen LogP) is 0.355. The van der Waals surface area contributed by atoms with Gasteiger partial charge < -0.3 is 15.8 Å². The Hall–Kier alpha value is -2.15. The molecule has 1 aliphatic rings. The van der Waals surface area contributed by atoms with Gasteiger partial charge in [-0.25, -0.2) is 0 Å². The van der Waals surface area contributed by atoms with Crippen molar-refractivity contribution in [1.29, 1.82) is 0 Å². The summed E-state index contributed by atoms with van der Waals surface area (Å²) >= 11 is 0. The molecule has 3 rings (SSSR count). The Labute approximate surface area is 123 Å². The molecule has 0 saturated carbocycles. The lowest BCUT2D eigenvalue weighted by molar-refractivity contribution is 0.118. The van der Waals surface area contributed by atoms with E-state index in [0.29, 0.717) is 19.0 Å². The molecule has 1 unspecified atom stereocenters. The number of guanidine groups is 1. The number of ether oxygens (including phenoxy) is 1. The van der Waals surface area contributed by atoms with Crippen molar-refractivity contribution in [2.24, 2.45) is 10.7 Å². The van der Waals surface area contributed by atoms with E-state index in [0.717, 1.165) is 37.3 Å². The minimum absolute atomic E-state index is 0.228. The number of aliphatic imine (C=N–C) groups is 1. The van der Waals surface area contributed by atoms with Crippen LogP contribution in [0.5, 0.6) is 0 Å². The van der Waals surface area contributed by atoms with Crippen LogP contribution in [0.2, 0.25) is 0 Å². The number of nitrogens with one attached hydrogen (secondary N) is 1. The van der Waals surface area contributed by atoms with Crippen LogP contribution < -0.4 is 11.1 Å². The summed E-state index contributed by atoms with van der Waals surface area (Å²) in [7, 11) is 0. The molecule has 0 aromatic carbocycles. The molecule has 2 aromatic heterocycles. The molecule has 0 spiro atoms. The third-order valence-corrected chi connectivity index (χ3v) is 3.53. The number of nitrogens with zero attached hydrogens (tertiary/aromatic N) is 4. The fraction of sp³-hybridized carbons (Fsp3) is 0.500. The van der Waals surface area contributed by atoms with Gasteiger partial charge in [0.1, 0.15) is 5.82 Å². The average Bonchev–Trinajstić information content (AvgIpc) is 3.15. The fourth-order valence-corrected chi connectivity index (χ4v) is 2.41. The highest BCUT2D eigenvalue weighted by Crippen LogP contribution is 2.11. The zero-order valence-corrected chi connectivity index (χ0v) is 11.9. The van der Waals surface area contributed by atoms with Crippen LogP contribution in [-0.2, 0) is 11.2 Å². The predicted molar refractivity (Wildman–Crippen MR) is 80.2 cm³/mol. The maximum Gasteiger partial charge on any atom is 0.188 e. The Balaban J connectivity index is 1.47. The summed E-state index contributed by atoms with van der Waals surface area (Å²) in [5, 5.41) is 11.4. The van der Waals surface area contributed by atoms with Gasteiger partial charge >= 0.3 is 0 Å². The van der Waals surface area contributed by atoms with Gasteiger partial charge in [0.25, 0.3) is 0 Å². The summed E-state index contributed by atoms with van der Waals surface area (Å²) in [4.78, 5) is 4.30. The Morgan fingerprint density at radius 2 is 2.43 bits per heavy atom. The molecule has 2 aromatic rings. The van der Waals surface area contributed by atoms with E-state index >= 15 is 0 Å². The van der Waals surface area contributed by atoms with E-state index in [2.05, 4.69) is 20.5 Å². The molecular formula is C14H20N6O. The minimum Gasteiger partial charge on any atom is -0.376 e. The summed E-state index contributed by atoms with van der Waals surface area (Å²) < 4.78 is 7.48. The van der Waals surface area contributed by atoms with Crippen LogP contribution in [0.25, 0.3) is 5.65 Å². The van der Waals surface area contributed by atoms with E-state index in [-0.39, 0.29) is 6.10 Å². The largest absolute Gasteiger partial charge is 0.376 e. The molecule has 0 bridgehead atoms. The van der Waals surface area contributed by atoms with E-state index < -0.39 is 0 Å². The maximum atomic E-state index is 5.84. The van der Waals surface area contributed by atoms with Crippen molar-refractivity contribution in [2.45, 2.75) is 25.4 Å². The van der Waals surface area contributed by atoms with Gasteiger partial charge in [0.15, 0.2) is 11.6 Å². The van der Waals surface area contributed by atoms with Crippen LogP contribution in [0.4, 0.5) is 0 Å². The van der Waals surface area contributed by atoms with Gasteiger partial charge in [-0.05, 0) is 25.0 Å². The van der Waals surface area contributed by atoms with Crippen molar-refractivity contribution in [3.63, 3.8) is 0 Å². The van der Waals surface area contributed by atoms with Gasteiger partial charge in [0.05, 0.1) is 12.6 Å². The van der Waals surface area contributed by atoms with Crippen LogP contribution in [0, 0.1) is 0 Å². The van der Waals surface area contributed by atoms with Crippen molar-refractivity contribution in [2.75, 3.05) is 19.7 Å². The second-order valence-corrected chi connectivity index (χ2v) is 5.08. The van der Waals surface area contributed by atoms with E-state index in [1.54, 1.807) is 0 Å². The van der Waals surface area contributed by atoms with Gasteiger partial charge in [-0.2, -0.15) is 0 Å². The van der Waals surface area contributed by atoms with Gasteiger partial charge in [-0.1, -0.05) is 6.07 Å². The molecule has 1 saturated heterocycles. The van der Waals surface area contributed by atoms with Crippen molar-refractivity contribution < 1.29 is 4.74 Å². The first-order valence-corrected chi connectivity index (χ1v) is 7.27. The molecule has 0 amide bonds. The number of rotatable bonds is 5. The molecule has 1 fully saturated rings. The molecule has 1 aliphatic heterocycles. The van der Waals surface area contributed by atoms with Gasteiger partial charge in [0, 0.05) is 25.8 Å². The maximum absolute atomic E-state index is 5.84. The Morgan fingerprint density at radius 3 is 3.29 bits per heavy atom. The molecule has 1 atom stereocenters. The summed E-state index contributed by atoms with van der Waals surface area (Å²) in [5.74, 6) is 1.37. The van der Waals surface area contributed by atoms with Gasteiger partial charge in [-0.3, -0.25) is 9.39 Å².